The van der Waals surface area contributed by atoms with E-state index in [1.54, 1.807) is 21.5 Å². The molecule has 0 aliphatic rings. The molecule has 0 aliphatic heterocycles. The minimum Gasteiger partial charge on any atom is -0.507 e. The predicted octanol–water partition coefficient (Wildman–Crippen LogP) is 5.23. The van der Waals surface area contributed by atoms with Crippen LogP contribution >= 0.6 is 11.8 Å². The van der Waals surface area contributed by atoms with E-state index in [0.29, 0.717) is 43.7 Å². The maximum Gasteiger partial charge on any atom is 0.282 e. The number of aromatic hydroxyl groups is 1. The van der Waals surface area contributed by atoms with Gasteiger partial charge in [-0.05, 0) is 55.8 Å². The third kappa shape index (κ3) is 4.06. The van der Waals surface area contributed by atoms with Gasteiger partial charge in [0.15, 0.2) is 5.82 Å². The lowest BCUT2D eigenvalue weighted by molar-refractivity contribution is 0.459. The molecule has 0 saturated heterocycles. The molecule has 1 unspecified atom stereocenters. The van der Waals surface area contributed by atoms with Crippen LogP contribution in [0.4, 0.5) is 10.2 Å². The molecule has 0 radical (unpaired) electrons. The third-order valence-electron chi connectivity index (χ3n) is 6.24. The van der Waals surface area contributed by atoms with Gasteiger partial charge in [0.25, 0.3) is 5.56 Å². The van der Waals surface area contributed by atoms with Crippen molar-refractivity contribution >= 4 is 34.1 Å². The summed E-state index contributed by atoms with van der Waals surface area (Å²) in [5.41, 5.74) is 2.44. The largest absolute Gasteiger partial charge is 0.507 e. The van der Waals surface area contributed by atoms with Crippen molar-refractivity contribution in [3.05, 3.63) is 101 Å². The van der Waals surface area contributed by atoms with Crippen molar-refractivity contribution in [1.82, 2.24) is 29.1 Å². The molecule has 0 bridgehead atoms. The van der Waals surface area contributed by atoms with E-state index >= 15 is 0 Å². The van der Waals surface area contributed by atoms with Crippen LogP contribution in [0.2, 0.25) is 0 Å². The summed E-state index contributed by atoms with van der Waals surface area (Å²) < 4.78 is 17.1. The minimum absolute atomic E-state index is 0.0307. The second-order valence-corrected chi connectivity index (χ2v) is 9.89. The monoisotopic (exact) mass is 527 g/mol. The number of nitrogens with one attached hydrogen (secondary N) is 2. The summed E-state index contributed by atoms with van der Waals surface area (Å²) in [6, 6.07) is 14.6. The van der Waals surface area contributed by atoms with Gasteiger partial charge in [-0.15, -0.1) is 0 Å². The van der Waals surface area contributed by atoms with Crippen LogP contribution in [0.15, 0.2) is 87.9 Å². The molecule has 6 rings (SSSR count). The normalized spacial score (nSPS) is 12.3. The number of hydrogen-bond donors (Lipinski definition) is 3. The molecular formula is C27H22FN7O2S. The van der Waals surface area contributed by atoms with Gasteiger partial charge in [0.1, 0.15) is 34.9 Å². The van der Waals surface area contributed by atoms with Crippen LogP contribution in [0, 0.1) is 12.7 Å². The third-order valence-corrected chi connectivity index (χ3v) is 7.33. The molecule has 38 heavy (non-hydrogen) atoms. The number of H-pyrrole nitrogens is 1. The molecule has 9 nitrogen and oxygen atoms in total. The number of hydrogen-bond acceptors (Lipinski definition) is 7. The van der Waals surface area contributed by atoms with E-state index in [9.17, 15) is 14.3 Å². The number of nitrogens with zero attached hydrogens (tertiary/aromatic N) is 5. The summed E-state index contributed by atoms with van der Waals surface area (Å²) in [4.78, 5) is 26.6. The first-order valence-electron chi connectivity index (χ1n) is 11.8. The van der Waals surface area contributed by atoms with Gasteiger partial charge in [0.2, 0.25) is 0 Å². The number of aromatic amines is 1. The number of aromatic nitrogens is 6. The van der Waals surface area contributed by atoms with Gasteiger partial charge in [-0.25, -0.2) is 18.9 Å². The molecule has 3 N–H and O–H groups in total. The van der Waals surface area contributed by atoms with Crippen molar-refractivity contribution in [3.63, 3.8) is 0 Å². The fourth-order valence-corrected chi connectivity index (χ4v) is 5.41. The SMILES string of the molecule is Cc1ccn2nc(C(C)Nc3ncnc4[nH]cc(Sc5cc(F)ccc5O)c34)n(-c3ccccc3)c(=O)c12. The molecule has 4 heterocycles. The van der Waals surface area contributed by atoms with E-state index in [1.165, 1.54) is 36.3 Å². The number of para-hydroxylation sites is 1. The van der Waals surface area contributed by atoms with E-state index in [1.807, 2.05) is 50.2 Å². The van der Waals surface area contributed by atoms with Crippen molar-refractivity contribution in [2.75, 3.05) is 5.32 Å². The molecule has 11 heteroatoms. The average Bonchev–Trinajstić information content (AvgIpc) is 3.50. The molecule has 0 amide bonds. The maximum absolute atomic E-state index is 13.8. The molecule has 0 fully saturated rings. The van der Waals surface area contributed by atoms with Gasteiger partial charge in [0, 0.05) is 17.3 Å². The Morgan fingerprint density at radius 1 is 1.11 bits per heavy atom. The second-order valence-electron chi connectivity index (χ2n) is 8.81. The zero-order valence-corrected chi connectivity index (χ0v) is 21.2. The summed E-state index contributed by atoms with van der Waals surface area (Å²) in [5, 5.41) is 19.1. The van der Waals surface area contributed by atoms with Gasteiger partial charge >= 0.3 is 0 Å². The highest BCUT2D eigenvalue weighted by Gasteiger charge is 2.22. The van der Waals surface area contributed by atoms with Crippen LogP contribution in [-0.2, 0) is 0 Å². The van der Waals surface area contributed by atoms with Crippen LogP contribution in [0.5, 0.6) is 5.75 Å². The number of benzene rings is 2. The smallest absolute Gasteiger partial charge is 0.282 e. The first kappa shape index (κ1) is 23.7. The minimum atomic E-state index is -0.455. The van der Waals surface area contributed by atoms with E-state index in [-0.39, 0.29) is 11.3 Å². The number of fused-ring (bicyclic) bond motifs is 2. The highest BCUT2D eigenvalue weighted by molar-refractivity contribution is 7.99. The van der Waals surface area contributed by atoms with Crippen molar-refractivity contribution in [1.29, 1.82) is 0 Å². The molecule has 0 spiro atoms. The number of rotatable bonds is 6. The van der Waals surface area contributed by atoms with Gasteiger partial charge in [-0.2, -0.15) is 5.10 Å². The fourth-order valence-electron chi connectivity index (χ4n) is 4.42. The first-order valence-corrected chi connectivity index (χ1v) is 12.6. The Labute approximate surface area is 220 Å². The summed E-state index contributed by atoms with van der Waals surface area (Å²) in [5.74, 6) is 0.509. The molecule has 190 valence electrons. The fraction of sp³-hybridized carbons (Fsp3) is 0.111. The Morgan fingerprint density at radius 2 is 1.92 bits per heavy atom. The number of phenolic OH excluding ortho intramolecular Hbond substituents is 1. The number of aryl methyl sites for hydroxylation is 1. The topological polar surface area (TPSA) is 113 Å². The number of phenols is 1. The Morgan fingerprint density at radius 3 is 2.74 bits per heavy atom. The number of anilines is 1. The lowest BCUT2D eigenvalue weighted by atomic mass is 10.2. The Bertz CT molecular complexity index is 1860. The van der Waals surface area contributed by atoms with Gasteiger partial charge in [-0.1, -0.05) is 30.0 Å². The summed E-state index contributed by atoms with van der Waals surface area (Å²) >= 11 is 1.19. The van der Waals surface area contributed by atoms with E-state index in [4.69, 9.17) is 5.10 Å². The van der Waals surface area contributed by atoms with E-state index < -0.39 is 11.9 Å². The second kappa shape index (κ2) is 9.34. The van der Waals surface area contributed by atoms with Crippen LogP contribution < -0.4 is 10.9 Å². The molecule has 0 aliphatic carbocycles. The zero-order valence-electron chi connectivity index (χ0n) is 20.4. The van der Waals surface area contributed by atoms with Crippen LogP contribution in [0.1, 0.15) is 24.4 Å². The Kier molecular flexibility index (Phi) is 5.84. The van der Waals surface area contributed by atoms with Crippen LogP contribution in [0.3, 0.4) is 0 Å². The molecule has 6 aromatic rings. The quantitative estimate of drug-likeness (QED) is 0.272. The van der Waals surface area contributed by atoms with E-state index in [0.717, 1.165) is 5.56 Å². The van der Waals surface area contributed by atoms with Gasteiger partial charge in [-0.3, -0.25) is 9.36 Å². The van der Waals surface area contributed by atoms with Crippen molar-refractivity contribution in [3.8, 4) is 11.4 Å². The molecule has 2 aromatic carbocycles. The van der Waals surface area contributed by atoms with Crippen molar-refractivity contribution < 1.29 is 9.50 Å². The Hall–Kier alpha value is -4.64. The van der Waals surface area contributed by atoms with Crippen LogP contribution in [0.25, 0.3) is 22.2 Å². The first-order chi connectivity index (χ1) is 18.4. The summed E-state index contributed by atoms with van der Waals surface area (Å²) in [6.45, 7) is 3.78. The highest BCUT2D eigenvalue weighted by atomic mass is 32.2. The van der Waals surface area contributed by atoms with Crippen molar-refractivity contribution in [2.24, 2.45) is 0 Å². The predicted molar refractivity (Wildman–Crippen MR) is 144 cm³/mol. The molecule has 1 atom stereocenters. The lowest BCUT2D eigenvalue weighted by Crippen LogP contribution is -2.29. The lowest BCUT2D eigenvalue weighted by Gasteiger charge is -2.20. The van der Waals surface area contributed by atoms with Crippen molar-refractivity contribution in [2.45, 2.75) is 29.7 Å². The summed E-state index contributed by atoms with van der Waals surface area (Å²) in [7, 11) is 0. The standard InChI is InChI=1S/C27H22FN7O2S/c1-15-10-11-34-23(15)27(37)35(18-6-4-3-5-7-18)26(33-34)16(2)32-25-22-21(13-29-24(22)30-14-31-25)38-20-12-17(28)8-9-19(20)36/h3-14,16,36H,1-2H3,(H2,29,30,31,32). The molecular weight excluding hydrogens is 505 g/mol. The average molecular weight is 528 g/mol. The molecule has 4 aromatic heterocycles. The van der Waals surface area contributed by atoms with E-state index in [2.05, 4.69) is 20.3 Å². The van der Waals surface area contributed by atoms with Gasteiger partial charge < -0.3 is 15.4 Å². The summed E-state index contributed by atoms with van der Waals surface area (Å²) in [6.07, 6.45) is 4.93. The number of halogens is 1. The van der Waals surface area contributed by atoms with Gasteiger partial charge in [0.05, 0.1) is 22.0 Å². The van der Waals surface area contributed by atoms with Crippen LogP contribution in [-0.4, -0.2) is 34.2 Å². The zero-order chi connectivity index (χ0) is 26.4. The highest BCUT2D eigenvalue weighted by Crippen LogP contribution is 2.40. The molecule has 0 saturated carbocycles. The Balaban J connectivity index is 1.45. The maximum atomic E-state index is 13.8.